The normalized spacial score (nSPS) is 19.4. The van der Waals surface area contributed by atoms with Crippen LogP contribution >= 0.6 is 7.60 Å². The molecule has 4 aromatic carbocycles. The second kappa shape index (κ2) is 25.0. The van der Waals surface area contributed by atoms with E-state index in [2.05, 4.69) is 43.4 Å². The van der Waals surface area contributed by atoms with E-state index in [9.17, 15) is 66.3 Å². The van der Waals surface area contributed by atoms with Crippen LogP contribution in [0.4, 0.5) is 18.4 Å². The molecule has 434 valence electrons. The van der Waals surface area contributed by atoms with Gasteiger partial charge in [0.1, 0.15) is 36.5 Å². The molecule has 0 bridgehead atoms. The minimum atomic E-state index is -5.95. The van der Waals surface area contributed by atoms with E-state index in [1.54, 1.807) is 78.9 Å². The molecule has 9 rings (SSSR count). The Balaban J connectivity index is 0.888. The predicted molar refractivity (Wildman–Crippen MR) is 292 cm³/mol. The highest BCUT2D eigenvalue weighted by Crippen LogP contribution is 2.59. The van der Waals surface area contributed by atoms with E-state index >= 15 is 0 Å². The Labute approximate surface area is 473 Å². The molecule has 1 aromatic heterocycles. The van der Waals surface area contributed by atoms with Crippen molar-refractivity contribution in [2.75, 3.05) is 26.2 Å². The number of nitrogens with two attached hydrogens (primary N) is 1. The molecule has 0 aliphatic carbocycles. The van der Waals surface area contributed by atoms with Crippen molar-refractivity contribution in [2.24, 2.45) is 5.73 Å². The van der Waals surface area contributed by atoms with Gasteiger partial charge in [-0.25, -0.2) is 9.59 Å². The lowest BCUT2D eigenvalue weighted by Crippen LogP contribution is -2.62. The van der Waals surface area contributed by atoms with Crippen molar-refractivity contribution in [2.45, 2.75) is 99.8 Å². The lowest BCUT2D eigenvalue weighted by molar-refractivity contribution is -0.144. The zero-order valence-corrected chi connectivity index (χ0v) is 45.4. The van der Waals surface area contributed by atoms with Gasteiger partial charge in [-0.1, -0.05) is 84.6 Å². The molecule has 5 heterocycles. The standard InChI is InChI=1S/C57H59F2N10O13P/c58-57(59,83(79,80)81)37-19-21-41-36(28-37)29-42(62-41)49(71)63-43-31-67(56(78)61-26-10-2-1-5-12-33-17-11-18-39-40(33)30-68(53(39)75)45-23-24-47(70)65-51(45)73)27-25-38-20-22-46(69(38)54(43)76)52(74)64-44(32-82-55(60)77)50(72)66-48(34-13-6-3-7-14-34)35-15-8-4-9-16-35/h3-4,6-9,11,13-19,21,28-29,38,43-46,48,62H,1-2,10,20,22-27,30-32H2,(H2,60,77)(H,61,78)(H,63,71)(H,64,74)(H,66,72)(H,65,70,73)(H2,79,80,81)/t38-,43+,44?,45?,46+/m1/s1. The number of fused-ring (bicyclic) bond motifs is 3. The molecule has 3 saturated heterocycles. The van der Waals surface area contributed by atoms with Gasteiger partial charge in [0.25, 0.3) is 11.8 Å². The first kappa shape index (κ1) is 58.7. The Kier molecular flexibility index (Phi) is 17.7. The van der Waals surface area contributed by atoms with Crippen LogP contribution in [-0.2, 0) is 45.5 Å². The summed E-state index contributed by atoms with van der Waals surface area (Å²) < 4.78 is 46.1. The quantitative estimate of drug-likeness (QED) is 0.0278. The maximum absolute atomic E-state index is 15.0. The number of hydrogen-bond donors (Lipinski definition) is 9. The van der Waals surface area contributed by atoms with Gasteiger partial charge in [0, 0.05) is 66.1 Å². The van der Waals surface area contributed by atoms with E-state index in [-0.39, 0.29) is 80.1 Å². The maximum atomic E-state index is 15.0. The van der Waals surface area contributed by atoms with Crippen molar-refractivity contribution in [3.8, 4) is 11.8 Å². The number of amides is 10. The number of unbranched alkanes of at least 4 members (excludes halogenated alkanes) is 2. The van der Waals surface area contributed by atoms with Gasteiger partial charge in [-0.3, -0.25) is 43.4 Å². The molecule has 5 atom stereocenters. The van der Waals surface area contributed by atoms with Crippen molar-refractivity contribution in [1.82, 2.24) is 46.3 Å². The second-order valence-electron chi connectivity index (χ2n) is 20.5. The number of aromatic nitrogens is 1. The number of H-pyrrole nitrogens is 1. The molecular formula is C57H59F2N10O13P. The summed E-state index contributed by atoms with van der Waals surface area (Å²) in [5.41, 5.74) is 2.76. The molecule has 2 unspecified atom stereocenters. The van der Waals surface area contributed by atoms with Crippen LogP contribution in [0.5, 0.6) is 0 Å². The average molecular weight is 1160 g/mol. The zero-order chi connectivity index (χ0) is 59.2. The molecule has 4 aliphatic rings. The smallest absolute Gasteiger partial charge is 0.404 e. The molecule has 0 spiro atoms. The van der Waals surface area contributed by atoms with Crippen LogP contribution in [0.2, 0.25) is 0 Å². The summed E-state index contributed by atoms with van der Waals surface area (Å²) in [5, 5.41) is 13.3. The fourth-order valence-corrected chi connectivity index (χ4v) is 11.3. The molecule has 3 fully saturated rings. The van der Waals surface area contributed by atoms with Crippen LogP contribution in [-0.4, -0.2) is 139 Å². The van der Waals surface area contributed by atoms with Gasteiger partial charge in [0.15, 0.2) is 0 Å². The number of halogens is 2. The van der Waals surface area contributed by atoms with Crippen LogP contribution in [0.25, 0.3) is 10.9 Å². The summed E-state index contributed by atoms with van der Waals surface area (Å²) in [4.78, 5) is 147. The summed E-state index contributed by atoms with van der Waals surface area (Å²) in [6, 6.07) is 19.9. The molecule has 10 N–H and O–H groups in total. The molecule has 10 amide bonds. The third-order valence-electron chi connectivity index (χ3n) is 15.1. The number of nitrogens with one attached hydrogen (secondary N) is 6. The van der Waals surface area contributed by atoms with E-state index in [1.165, 1.54) is 14.7 Å². The fraction of sp³-hybridized carbons (Fsp3) is 0.351. The number of nitrogens with zero attached hydrogens (tertiary/aromatic N) is 3. The summed E-state index contributed by atoms with van der Waals surface area (Å²) in [6.07, 6.45) is 1.08. The van der Waals surface area contributed by atoms with Crippen LogP contribution in [0, 0.1) is 11.8 Å². The van der Waals surface area contributed by atoms with E-state index < -0.39 is 110 Å². The Morgan fingerprint density at radius 3 is 2.28 bits per heavy atom. The van der Waals surface area contributed by atoms with Crippen LogP contribution in [0.3, 0.4) is 0 Å². The number of hydrogen-bond acceptors (Lipinski definition) is 11. The number of rotatable bonds is 17. The number of carbonyl (C=O) groups is 9. The van der Waals surface area contributed by atoms with Crippen molar-refractivity contribution in [3.63, 3.8) is 0 Å². The number of aromatic amines is 1. The minimum absolute atomic E-state index is 0.0238. The van der Waals surface area contributed by atoms with Crippen molar-refractivity contribution in [1.29, 1.82) is 0 Å². The topological polar surface area (TPSA) is 332 Å². The molecule has 23 nitrogen and oxygen atoms in total. The molecule has 83 heavy (non-hydrogen) atoms. The number of ether oxygens (including phenoxy) is 1. The predicted octanol–water partition coefficient (Wildman–Crippen LogP) is 3.74. The van der Waals surface area contributed by atoms with Gasteiger partial charge in [-0.05, 0) is 85.5 Å². The summed E-state index contributed by atoms with van der Waals surface area (Å²) >= 11 is 0. The average Bonchev–Trinajstić information content (AvgIpc) is 4.43. The lowest BCUT2D eigenvalue weighted by Gasteiger charge is -2.38. The highest BCUT2D eigenvalue weighted by molar-refractivity contribution is 7.52. The Bertz CT molecular complexity index is 3440. The Hall–Kier alpha value is -8.98. The number of urea groups is 1. The number of benzene rings is 4. The number of primary amides is 1. The maximum Gasteiger partial charge on any atom is 0.404 e. The van der Waals surface area contributed by atoms with Crippen molar-refractivity contribution in [3.05, 3.63) is 142 Å². The van der Waals surface area contributed by atoms with E-state index in [1.807, 2.05) is 0 Å². The Morgan fingerprint density at radius 2 is 1.59 bits per heavy atom. The van der Waals surface area contributed by atoms with Gasteiger partial charge >= 0.3 is 25.4 Å². The molecule has 26 heteroatoms. The first-order valence-electron chi connectivity index (χ1n) is 26.8. The highest BCUT2D eigenvalue weighted by Gasteiger charge is 2.51. The largest absolute Gasteiger partial charge is 0.447 e. The third-order valence-corrected chi connectivity index (χ3v) is 16.0. The summed E-state index contributed by atoms with van der Waals surface area (Å²) in [6.45, 7) is -0.712. The van der Waals surface area contributed by atoms with Crippen molar-refractivity contribution >= 4 is 72.0 Å². The van der Waals surface area contributed by atoms with Gasteiger partial charge in [-0.2, -0.15) is 8.78 Å². The SMILES string of the molecule is NC(=O)OCC(NC(=O)[C@@H]1CC[C@@H]2CCN(C(=O)NCCCCC#Cc3cccc4c3CN(C3CCC(=O)NC3=O)C4=O)C[C@H](NC(=O)c3cc4cc(C(F)(F)P(=O)(O)O)ccc4[nH]3)C(=O)N21)C(=O)NC(c1ccccc1)c1ccccc1. The first-order valence-corrected chi connectivity index (χ1v) is 28.4. The van der Waals surface area contributed by atoms with Crippen LogP contribution in [0.1, 0.15) is 106 Å². The van der Waals surface area contributed by atoms with E-state index in [0.717, 1.165) is 24.3 Å². The number of carbonyl (C=O) groups excluding carboxylic acids is 9. The van der Waals surface area contributed by atoms with Crippen molar-refractivity contribution < 1.29 is 71.0 Å². The van der Waals surface area contributed by atoms with Crippen LogP contribution < -0.4 is 32.3 Å². The van der Waals surface area contributed by atoms with E-state index in [0.29, 0.717) is 47.1 Å². The van der Waals surface area contributed by atoms with E-state index in [4.69, 9.17) is 10.5 Å². The Morgan fingerprint density at radius 1 is 0.867 bits per heavy atom. The van der Waals surface area contributed by atoms with Gasteiger partial charge in [-0.15, -0.1) is 0 Å². The summed E-state index contributed by atoms with van der Waals surface area (Å²) in [5.74, 6) is 1.75. The van der Waals surface area contributed by atoms with Crippen LogP contribution in [0.15, 0.2) is 103 Å². The molecule has 0 saturated carbocycles. The summed E-state index contributed by atoms with van der Waals surface area (Å²) in [7, 11) is -5.95. The second-order valence-corrected chi connectivity index (χ2v) is 22.1. The number of alkyl halides is 2. The monoisotopic (exact) mass is 1160 g/mol. The molecule has 5 aromatic rings. The van der Waals surface area contributed by atoms with Gasteiger partial charge in [0.2, 0.25) is 29.5 Å². The first-order chi connectivity index (χ1) is 39.7. The molecule has 4 aliphatic heterocycles. The molecular weight excluding hydrogens is 1100 g/mol. The number of piperidine rings is 1. The lowest BCUT2D eigenvalue weighted by atomic mass is 9.98. The third kappa shape index (κ3) is 13.2. The minimum Gasteiger partial charge on any atom is -0.447 e. The zero-order valence-electron chi connectivity index (χ0n) is 44.5. The number of imide groups is 1. The van der Waals surface area contributed by atoms with Gasteiger partial charge < -0.3 is 61.2 Å². The molecule has 0 radical (unpaired) electrons. The highest BCUT2D eigenvalue weighted by atomic mass is 31.2. The fourth-order valence-electron chi connectivity index (χ4n) is 10.8. The van der Waals surface area contributed by atoms with Gasteiger partial charge in [0.05, 0.1) is 12.6 Å².